The molecule has 4 aromatic rings. The molecule has 5 amide bonds. The number of ether oxygens (including phenoxy) is 2. The van der Waals surface area contributed by atoms with Gasteiger partial charge in [-0.3, -0.25) is 14.4 Å². The number of halogens is 1. The SMILES string of the molecule is Cc1ncsc1-c1ccc([C@H](C)NC(=O)[C@@H]2C[C@@H](O)CN2C(=O)[C@@H](NC(=O)COCCCCC#Cc2ccc(NC(=O)NC3C(C)(C)C(Oc4ccc(C#N)c(Cl)c4)C3(C)C)cc2)C(C)(C)C)cc1. The van der Waals surface area contributed by atoms with Gasteiger partial charge in [0.2, 0.25) is 17.7 Å². The van der Waals surface area contributed by atoms with Crippen LogP contribution in [-0.4, -0.2) is 88.8 Å². The highest BCUT2D eigenvalue weighted by Gasteiger charge is 2.64. The number of unbranched alkanes of at least 4 members (excludes halogenated alkanes) is 2. The van der Waals surface area contributed by atoms with Crippen LogP contribution in [0.2, 0.25) is 5.02 Å². The molecule has 2 aliphatic rings. The zero-order valence-electron chi connectivity index (χ0n) is 40.9. The first-order chi connectivity index (χ1) is 32.6. The molecule has 2 fully saturated rings. The number of hydrogen-bond acceptors (Lipinski definition) is 10. The Kier molecular flexibility index (Phi) is 16.9. The Balaban J connectivity index is 0.896. The number of anilines is 1. The molecule has 1 aromatic heterocycles. The second-order valence-electron chi connectivity index (χ2n) is 20.2. The van der Waals surface area contributed by atoms with E-state index in [2.05, 4.69) is 44.2 Å². The number of β-amino-alcohol motifs (C(OH)–C–C–N with tert-alkyl or cyclic N) is 1. The number of likely N-dealkylation sites (tertiary alicyclic amines) is 1. The van der Waals surface area contributed by atoms with E-state index >= 15 is 0 Å². The van der Waals surface area contributed by atoms with Gasteiger partial charge in [0.05, 0.1) is 38.8 Å². The fraction of sp³-hybridized carbons (Fsp3) is 0.472. The van der Waals surface area contributed by atoms with Crippen molar-refractivity contribution in [2.75, 3.05) is 25.1 Å². The molecule has 6 rings (SSSR count). The highest BCUT2D eigenvalue weighted by atomic mass is 35.5. The van der Waals surface area contributed by atoms with Crippen LogP contribution in [0.3, 0.4) is 0 Å². The Morgan fingerprint density at radius 1 is 1.00 bits per heavy atom. The van der Waals surface area contributed by atoms with Crippen LogP contribution in [0.1, 0.15) is 109 Å². The van der Waals surface area contributed by atoms with E-state index in [1.807, 2.05) is 104 Å². The van der Waals surface area contributed by atoms with Crippen LogP contribution in [0.15, 0.2) is 72.2 Å². The summed E-state index contributed by atoms with van der Waals surface area (Å²) in [6, 6.07) is 19.5. The van der Waals surface area contributed by atoms with E-state index in [1.165, 1.54) is 4.90 Å². The molecular formula is C53H64ClN7O7S. The summed E-state index contributed by atoms with van der Waals surface area (Å²) in [6.45, 7) is 17.6. The van der Waals surface area contributed by atoms with Gasteiger partial charge >= 0.3 is 6.03 Å². The van der Waals surface area contributed by atoms with Gasteiger partial charge in [-0.25, -0.2) is 9.78 Å². The van der Waals surface area contributed by atoms with Crippen molar-refractivity contribution >= 4 is 52.4 Å². The van der Waals surface area contributed by atoms with E-state index in [-0.39, 0.29) is 49.7 Å². The van der Waals surface area contributed by atoms with Gasteiger partial charge in [-0.15, -0.1) is 11.3 Å². The van der Waals surface area contributed by atoms with Gasteiger partial charge in [0.25, 0.3) is 0 Å². The largest absolute Gasteiger partial charge is 0.489 e. The van der Waals surface area contributed by atoms with E-state index in [4.69, 9.17) is 21.1 Å². The highest BCUT2D eigenvalue weighted by molar-refractivity contribution is 7.13. The molecule has 0 spiro atoms. The molecule has 0 bridgehead atoms. The lowest BCUT2D eigenvalue weighted by Crippen LogP contribution is -2.75. The zero-order chi connectivity index (χ0) is 50.3. The number of carbonyl (C=O) groups excluding carboxylic acids is 4. The molecule has 69 heavy (non-hydrogen) atoms. The molecule has 5 N–H and O–H groups in total. The molecular weight excluding hydrogens is 914 g/mol. The lowest BCUT2D eigenvalue weighted by atomic mass is 9.49. The van der Waals surface area contributed by atoms with Crippen LogP contribution in [-0.2, 0) is 19.1 Å². The fourth-order valence-electron chi connectivity index (χ4n) is 9.50. The highest BCUT2D eigenvalue weighted by Crippen LogP contribution is 2.55. The Hall–Kier alpha value is -5.97. The molecule has 1 aliphatic heterocycles. The lowest BCUT2D eigenvalue weighted by molar-refractivity contribution is -0.163. The van der Waals surface area contributed by atoms with E-state index in [0.717, 1.165) is 33.7 Å². The van der Waals surface area contributed by atoms with Crippen LogP contribution >= 0.6 is 22.9 Å². The third kappa shape index (κ3) is 12.8. The third-order valence-corrected chi connectivity index (χ3v) is 14.2. The van der Waals surface area contributed by atoms with Crippen molar-refractivity contribution in [2.45, 2.75) is 124 Å². The minimum Gasteiger partial charge on any atom is -0.489 e. The smallest absolute Gasteiger partial charge is 0.319 e. The predicted molar refractivity (Wildman–Crippen MR) is 268 cm³/mol. The monoisotopic (exact) mass is 977 g/mol. The molecule has 1 saturated carbocycles. The molecule has 3 aromatic carbocycles. The number of thiazole rings is 1. The minimum atomic E-state index is -0.962. The maximum atomic E-state index is 14.0. The van der Waals surface area contributed by atoms with Gasteiger partial charge in [0.1, 0.15) is 36.6 Å². The number of nitrogens with one attached hydrogen (secondary N) is 4. The Morgan fingerprint density at radius 3 is 2.32 bits per heavy atom. The van der Waals surface area contributed by atoms with Crippen molar-refractivity contribution in [3.05, 3.63) is 99.6 Å². The molecule has 14 nitrogen and oxygen atoms in total. The van der Waals surface area contributed by atoms with Crippen molar-refractivity contribution in [1.29, 1.82) is 5.26 Å². The normalized spacial score (nSPS) is 19.9. The van der Waals surface area contributed by atoms with E-state index < -0.39 is 46.2 Å². The van der Waals surface area contributed by atoms with Crippen molar-refractivity contribution in [3.63, 3.8) is 0 Å². The first-order valence-electron chi connectivity index (χ1n) is 23.3. The molecule has 366 valence electrons. The quantitative estimate of drug-likeness (QED) is 0.0540. The average molecular weight is 979 g/mol. The van der Waals surface area contributed by atoms with Crippen LogP contribution < -0.4 is 26.0 Å². The lowest BCUT2D eigenvalue weighted by Gasteiger charge is -2.63. The van der Waals surface area contributed by atoms with Gasteiger partial charge < -0.3 is 40.7 Å². The number of carbonyl (C=O) groups is 4. The average Bonchev–Trinajstić information content (AvgIpc) is 3.92. The van der Waals surface area contributed by atoms with Crippen molar-refractivity contribution < 1.29 is 33.8 Å². The first-order valence-corrected chi connectivity index (χ1v) is 24.5. The van der Waals surface area contributed by atoms with Gasteiger partial charge in [-0.2, -0.15) is 5.26 Å². The Labute approximate surface area is 414 Å². The van der Waals surface area contributed by atoms with Crippen LogP contribution in [0.5, 0.6) is 5.75 Å². The van der Waals surface area contributed by atoms with Gasteiger partial charge in [0, 0.05) is 60.2 Å². The van der Waals surface area contributed by atoms with Gasteiger partial charge in [-0.1, -0.05) is 96.2 Å². The number of urea groups is 1. The summed E-state index contributed by atoms with van der Waals surface area (Å²) in [5.74, 6) is 5.62. The summed E-state index contributed by atoms with van der Waals surface area (Å²) in [5, 5.41) is 32.1. The number of aliphatic hydroxyl groups excluding tert-OH is 1. The predicted octanol–water partition coefficient (Wildman–Crippen LogP) is 8.56. The number of aryl methyl sites for hydroxylation is 1. The maximum absolute atomic E-state index is 14.0. The summed E-state index contributed by atoms with van der Waals surface area (Å²) in [7, 11) is 0. The minimum absolute atomic E-state index is 0.0194. The van der Waals surface area contributed by atoms with Crippen LogP contribution in [0.25, 0.3) is 10.4 Å². The second-order valence-corrected chi connectivity index (χ2v) is 21.5. The number of benzene rings is 3. The molecule has 0 radical (unpaired) electrons. The van der Waals surface area contributed by atoms with Gasteiger partial charge in [-0.05, 0) is 79.6 Å². The van der Waals surface area contributed by atoms with E-state index in [0.29, 0.717) is 41.5 Å². The van der Waals surface area contributed by atoms with E-state index in [9.17, 15) is 29.5 Å². The fourth-order valence-corrected chi connectivity index (χ4v) is 10.5. The number of nitriles is 1. The summed E-state index contributed by atoms with van der Waals surface area (Å²) in [6.07, 6.45) is 1.02. The Bertz CT molecular complexity index is 2570. The third-order valence-electron chi connectivity index (χ3n) is 12.9. The molecule has 1 aliphatic carbocycles. The van der Waals surface area contributed by atoms with Crippen molar-refractivity contribution in [2.24, 2.45) is 16.2 Å². The summed E-state index contributed by atoms with van der Waals surface area (Å²) >= 11 is 7.80. The van der Waals surface area contributed by atoms with Crippen molar-refractivity contribution in [3.8, 4) is 34.1 Å². The number of aromatic nitrogens is 1. The standard InChI is InChI=1S/C53H64ClN7O7S/c1-32(35-17-19-36(20-18-35)44-33(2)56-31-69-44)57-46(64)42-26-39(62)29-61(42)47(65)45(51(3,4)5)59-43(63)30-67-25-13-11-10-12-14-34-15-22-38(23-16-34)58-50(66)60-48-52(6,7)49(53(48,8)9)68-40-24-21-37(28-55)41(54)27-40/h15-24,27,31-32,39,42,45,48-49,62H,10-11,13,25-26,29-30H2,1-9H3,(H,57,64)(H,59,63)(H2,58,60,66)/t32-,39+,42-,45+,48?,49?/m0/s1. The van der Waals surface area contributed by atoms with Crippen LogP contribution in [0, 0.1) is 46.3 Å². The second kappa shape index (κ2) is 22.2. The molecule has 2 heterocycles. The number of nitrogens with zero attached hydrogens (tertiary/aromatic N) is 3. The van der Waals surface area contributed by atoms with Gasteiger partial charge in [0.15, 0.2) is 0 Å². The summed E-state index contributed by atoms with van der Waals surface area (Å²) < 4.78 is 12.0. The van der Waals surface area contributed by atoms with Crippen LogP contribution in [0.4, 0.5) is 10.5 Å². The maximum Gasteiger partial charge on any atom is 0.319 e. The topological polar surface area (TPSA) is 195 Å². The summed E-state index contributed by atoms with van der Waals surface area (Å²) in [4.78, 5) is 60.7. The van der Waals surface area contributed by atoms with E-state index in [1.54, 1.807) is 41.7 Å². The number of rotatable bonds is 16. The zero-order valence-corrected chi connectivity index (χ0v) is 42.4. The van der Waals surface area contributed by atoms with Crippen molar-refractivity contribution in [1.82, 2.24) is 25.8 Å². The Morgan fingerprint density at radius 2 is 1.70 bits per heavy atom. The molecule has 4 atom stereocenters. The number of aliphatic hydroxyl groups is 1. The summed E-state index contributed by atoms with van der Waals surface area (Å²) in [5.41, 5.74) is 5.03. The molecule has 0 unspecified atom stereocenters. The number of amides is 5. The molecule has 16 heteroatoms. The first kappa shape index (κ1) is 52.4. The molecule has 1 saturated heterocycles. The number of hydrogen-bond donors (Lipinski definition) is 5.